The van der Waals surface area contributed by atoms with E-state index in [1.807, 2.05) is 78.2 Å². The summed E-state index contributed by atoms with van der Waals surface area (Å²) in [4.78, 5) is 13.4. The summed E-state index contributed by atoms with van der Waals surface area (Å²) in [6.07, 6.45) is 0. The van der Waals surface area contributed by atoms with Crippen LogP contribution < -0.4 is 19.7 Å². The van der Waals surface area contributed by atoms with Crippen LogP contribution in [0.5, 0.6) is 11.5 Å². The van der Waals surface area contributed by atoms with Crippen LogP contribution in [0.2, 0.25) is 0 Å². The molecule has 0 aliphatic carbocycles. The summed E-state index contributed by atoms with van der Waals surface area (Å²) >= 11 is 0. The van der Waals surface area contributed by atoms with Gasteiger partial charge in [-0.25, -0.2) is 4.79 Å². The number of methoxy groups -OCH3 is 2. The van der Waals surface area contributed by atoms with Crippen molar-refractivity contribution in [3.8, 4) is 22.9 Å². The predicted octanol–water partition coefficient (Wildman–Crippen LogP) is 2.69. The predicted molar refractivity (Wildman–Crippen MR) is 102 cm³/mol. The Morgan fingerprint density at radius 3 is 1.89 bits per heavy atom. The zero-order chi connectivity index (χ0) is 19.0. The number of aryl methyl sites for hydroxylation is 1. The Balaban J connectivity index is 2.01. The van der Waals surface area contributed by atoms with Gasteiger partial charge in [0.15, 0.2) is 0 Å². The largest absolute Gasteiger partial charge is 0.497 e. The Bertz CT molecular complexity index is 1160. The molecule has 2 aromatic carbocycles. The molecule has 0 amide bonds. The first-order valence-corrected chi connectivity index (χ1v) is 8.58. The fraction of sp³-hybridized carbons (Fsp3) is 0.143. The zero-order valence-corrected chi connectivity index (χ0v) is 15.4. The minimum atomic E-state index is -0.153. The Hall–Kier alpha value is -3.54. The van der Waals surface area contributed by atoms with Crippen molar-refractivity contribution in [2.75, 3.05) is 14.2 Å². The molecular weight excluding hydrogens is 342 g/mol. The van der Waals surface area contributed by atoms with E-state index in [2.05, 4.69) is 0 Å². The maximum Gasteiger partial charge on any atom is 0.457 e. The van der Waals surface area contributed by atoms with Crippen molar-refractivity contribution in [1.29, 1.82) is 0 Å². The molecule has 0 spiro atoms. The van der Waals surface area contributed by atoms with E-state index in [1.54, 1.807) is 23.5 Å². The number of pyridine rings is 1. The molecule has 6 nitrogen and oxygen atoms in total. The van der Waals surface area contributed by atoms with Crippen molar-refractivity contribution >= 4 is 5.65 Å². The lowest BCUT2D eigenvalue weighted by Gasteiger charge is -2.03. The van der Waals surface area contributed by atoms with Crippen LogP contribution >= 0.6 is 0 Å². The second kappa shape index (κ2) is 6.64. The third kappa shape index (κ3) is 2.75. The van der Waals surface area contributed by atoms with Gasteiger partial charge >= 0.3 is 11.3 Å². The van der Waals surface area contributed by atoms with Gasteiger partial charge in [0.1, 0.15) is 22.9 Å². The molecule has 0 atom stereocenters. The summed E-state index contributed by atoms with van der Waals surface area (Å²) in [6, 6.07) is 20.7. The monoisotopic (exact) mass is 362 g/mol. The molecule has 0 unspecified atom stereocenters. The molecule has 6 heteroatoms. The highest BCUT2D eigenvalue weighted by atomic mass is 16.5. The number of nitrogens with zero attached hydrogens (tertiary/aromatic N) is 3. The first kappa shape index (κ1) is 16.9. The number of fused-ring (bicyclic) bond motifs is 1. The Labute approximate surface area is 156 Å². The summed E-state index contributed by atoms with van der Waals surface area (Å²) in [5, 5.41) is 0. The van der Waals surface area contributed by atoms with E-state index in [0.29, 0.717) is 0 Å². The lowest BCUT2D eigenvalue weighted by Crippen LogP contribution is -2.39. The average Bonchev–Trinajstić information content (AvgIpc) is 3.01. The normalized spacial score (nSPS) is 10.9. The molecule has 4 aromatic rings. The van der Waals surface area contributed by atoms with Crippen LogP contribution in [0.4, 0.5) is 0 Å². The number of hydrogen-bond donors (Lipinski definition) is 0. The lowest BCUT2D eigenvalue weighted by molar-refractivity contribution is -0.606. The van der Waals surface area contributed by atoms with E-state index in [-0.39, 0.29) is 5.69 Å². The van der Waals surface area contributed by atoms with Gasteiger partial charge in [0.05, 0.1) is 19.9 Å². The Morgan fingerprint density at radius 1 is 0.778 bits per heavy atom. The fourth-order valence-corrected chi connectivity index (χ4v) is 3.23. The molecule has 27 heavy (non-hydrogen) atoms. The van der Waals surface area contributed by atoms with Gasteiger partial charge in [0, 0.05) is 13.0 Å². The highest BCUT2D eigenvalue weighted by Gasteiger charge is 2.25. The number of ether oxygens (including phenoxy) is 2. The van der Waals surface area contributed by atoms with Crippen molar-refractivity contribution in [2.45, 2.75) is 6.92 Å². The SMILES string of the molecule is COc1ccc(-n2c(=O)n(-c3ccc(OC)cc3)[n+]3c(C)cccc23)cc1. The van der Waals surface area contributed by atoms with Gasteiger partial charge in [-0.2, -0.15) is 0 Å². The maximum absolute atomic E-state index is 13.4. The minimum Gasteiger partial charge on any atom is -0.497 e. The maximum atomic E-state index is 13.4. The molecule has 136 valence electrons. The first-order chi connectivity index (χ1) is 13.1. The molecular formula is C21H20N3O3+. The van der Waals surface area contributed by atoms with Crippen LogP contribution in [0.15, 0.2) is 71.5 Å². The molecule has 0 radical (unpaired) electrons. The molecule has 0 bridgehead atoms. The molecule has 0 fully saturated rings. The number of benzene rings is 2. The Morgan fingerprint density at radius 2 is 1.33 bits per heavy atom. The van der Waals surface area contributed by atoms with Crippen LogP contribution in [-0.2, 0) is 0 Å². The Kier molecular flexibility index (Phi) is 4.16. The average molecular weight is 362 g/mol. The van der Waals surface area contributed by atoms with Crippen molar-refractivity contribution < 1.29 is 14.0 Å². The van der Waals surface area contributed by atoms with Crippen LogP contribution in [-0.4, -0.2) is 23.5 Å². The third-order valence-electron chi connectivity index (χ3n) is 4.58. The summed E-state index contributed by atoms with van der Waals surface area (Å²) in [6.45, 7) is 1.98. The molecule has 0 saturated heterocycles. The van der Waals surface area contributed by atoms with Crippen LogP contribution in [0.25, 0.3) is 17.0 Å². The third-order valence-corrected chi connectivity index (χ3v) is 4.58. The number of hydrogen-bond acceptors (Lipinski definition) is 3. The smallest absolute Gasteiger partial charge is 0.457 e. The van der Waals surface area contributed by atoms with Crippen LogP contribution in [0.1, 0.15) is 5.69 Å². The summed E-state index contributed by atoms with van der Waals surface area (Å²) < 4.78 is 15.7. The van der Waals surface area contributed by atoms with E-state index in [1.165, 1.54) is 0 Å². The highest BCUT2D eigenvalue weighted by molar-refractivity contribution is 5.46. The second-order valence-corrected chi connectivity index (χ2v) is 6.16. The second-order valence-electron chi connectivity index (χ2n) is 6.16. The summed E-state index contributed by atoms with van der Waals surface area (Å²) in [7, 11) is 3.24. The number of rotatable bonds is 4. The first-order valence-electron chi connectivity index (χ1n) is 8.58. The number of aromatic nitrogens is 3. The molecule has 2 heterocycles. The van der Waals surface area contributed by atoms with Crippen molar-refractivity contribution in [3.63, 3.8) is 0 Å². The molecule has 0 aliphatic rings. The van der Waals surface area contributed by atoms with Crippen molar-refractivity contribution in [3.05, 3.63) is 82.9 Å². The van der Waals surface area contributed by atoms with E-state index < -0.39 is 0 Å². The van der Waals surface area contributed by atoms with Gasteiger partial charge < -0.3 is 9.47 Å². The molecule has 0 aliphatic heterocycles. The zero-order valence-electron chi connectivity index (χ0n) is 15.4. The summed E-state index contributed by atoms with van der Waals surface area (Å²) in [5.41, 5.74) is 3.11. The molecule has 0 saturated carbocycles. The van der Waals surface area contributed by atoms with Gasteiger partial charge in [0.25, 0.3) is 0 Å². The highest BCUT2D eigenvalue weighted by Crippen LogP contribution is 2.17. The fourth-order valence-electron chi connectivity index (χ4n) is 3.23. The summed E-state index contributed by atoms with van der Waals surface area (Å²) in [5.74, 6) is 1.49. The van der Waals surface area contributed by atoms with Crippen LogP contribution in [0.3, 0.4) is 0 Å². The van der Waals surface area contributed by atoms with E-state index in [4.69, 9.17) is 9.47 Å². The van der Waals surface area contributed by atoms with Crippen LogP contribution in [0, 0.1) is 6.92 Å². The lowest BCUT2D eigenvalue weighted by atomic mass is 10.3. The molecule has 4 rings (SSSR count). The molecule has 2 aromatic heterocycles. The standard InChI is InChI=1S/C21H20N3O3/c1-15-5-4-6-20-22(16-7-11-18(26-2)12-8-16)21(25)24(23(15)20)17-9-13-19(27-3)14-10-17/h4-14H,1-3H3/q+1. The molecule has 0 N–H and O–H groups in total. The van der Waals surface area contributed by atoms with Gasteiger partial charge in [0.2, 0.25) is 0 Å². The van der Waals surface area contributed by atoms with Gasteiger partial charge in [-0.15, -0.1) is 13.8 Å². The van der Waals surface area contributed by atoms with Gasteiger partial charge in [-0.1, -0.05) is 6.07 Å². The van der Waals surface area contributed by atoms with E-state index in [0.717, 1.165) is 34.2 Å². The van der Waals surface area contributed by atoms with Crippen molar-refractivity contribution in [2.24, 2.45) is 0 Å². The topological polar surface area (TPSA) is 49.5 Å². The van der Waals surface area contributed by atoms with Gasteiger partial charge in [-0.05, 0) is 54.6 Å². The van der Waals surface area contributed by atoms with Crippen molar-refractivity contribution in [1.82, 2.24) is 9.25 Å². The van der Waals surface area contributed by atoms with Gasteiger partial charge in [-0.3, -0.25) is 0 Å². The minimum absolute atomic E-state index is 0.153. The van der Waals surface area contributed by atoms with E-state index >= 15 is 0 Å². The quantitative estimate of drug-likeness (QED) is 0.525. The van der Waals surface area contributed by atoms with E-state index in [9.17, 15) is 4.79 Å².